The highest BCUT2D eigenvalue weighted by Gasteiger charge is 2.52. The van der Waals surface area contributed by atoms with Crippen molar-refractivity contribution in [3.63, 3.8) is 0 Å². The second-order valence-electron chi connectivity index (χ2n) is 4.65. The summed E-state index contributed by atoms with van der Waals surface area (Å²) in [6.07, 6.45) is 5.79. The molecule has 0 unspecified atom stereocenters. The second-order valence-corrected chi connectivity index (χ2v) is 4.65. The van der Waals surface area contributed by atoms with Crippen LogP contribution < -0.4 is 5.32 Å². The quantitative estimate of drug-likeness (QED) is 0.567. The van der Waals surface area contributed by atoms with Crippen LogP contribution in [0.25, 0.3) is 0 Å². The molecule has 0 aliphatic heterocycles. The number of nitrogens with one attached hydrogen (secondary N) is 1. The molecule has 0 atom stereocenters. The van der Waals surface area contributed by atoms with E-state index in [1.807, 2.05) is 0 Å². The first-order valence-corrected chi connectivity index (χ1v) is 5.77. The summed E-state index contributed by atoms with van der Waals surface area (Å²) in [7, 11) is 0. The second kappa shape index (κ2) is 4.60. The van der Waals surface area contributed by atoms with Gasteiger partial charge in [0.15, 0.2) is 0 Å². The maximum Gasteiger partial charge on any atom is 0.0698 e. The molecule has 0 aromatic rings. The van der Waals surface area contributed by atoms with Crippen molar-refractivity contribution in [1.29, 1.82) is 0 Å². The van der Waals surface area contributed by atoms with Crippen LogP contribution in [0.4, 0.5) is 0 Å². The molecule has 14 heavy (non-hydrogen) atoms. The topological polar surface area (TPSA) is 41.5 Å². The minimum Gasteiger partial charge on any atom is -0.394 e. The van der Waals surface area contributed by atoms with Crippen molar-refractivity contribution < 1.29 is 9.84 Å². The largest absolute Gasteiger partial charge is 0.394 e. The van der Waals surface area contributed by atoms with Gasteiger partial charge in [-0.05, 0) is 37.0 Å². The van der Waals surface area contributed by atoms with Crippen molar-refractivity contribution in [2.75, 3.05) is 32.9 Å². The predicted octanol–water partition coefficient (Wildman–Crippen LogP) is 0.775. The Morgan fingerprint density at radius 3 is 2.64 bits per heavy atom. The van der Waals surface area contributed by atoms with E-state index < -0.39 is 0 Å². The molecule has 2 saturated carbocycles. The van der Waals surface area contributed by atoms with Gasteiger partial charge >= 0.3 is 0 Å². The lowest BCUT2D eigenvalue weighted by atomic mass is 10.0. The van der Waals surface area contributed by atoms with Crippen molar-refractivity contribution in [2.24, 2.45) is 11.3 Å². The highest BCUT2D eigenvalue weighted by Crippen LogP contribution is 2.60. The van der Waals surface area contributed by atoms with Crippen molar-refractivity contribution >= 4 is 0 Å². The van der Waals surface area contributed by atoms with Crippen molar-refractivity contribution in [2.45, 2.75) is 25.7 Å². The number of hydrogen-bond donors (Lipinski definition) is 2. The van der Waals surface area contributed by atoms with Gasteiger partial charge in [-0.25, -0.2) is 0 Å². The lowest BCUT2D eigenvalue weighted by Gasteiger charge is -2.14. The van der Waals surface area contributed by atoms with E-state index in [0.717, 1.165) is 19.1 Å². The zero-order chi connectivity index (χ0) is 9.86. The number of hydrogen-bond acceptors (Lipinski definition) is 3. The van der Waals surface area contributed by atoms with E-state index in [1.165, 1.54) is 32.2 Å². The highest BCUT2D eigenvalue weighted by molar-refractivity contribution is 5.04. The third-order valence-electron chi connectivity index (χ3n) is 3.47. The molecule has 0 bridgehead atoms. The Morgan fingerprint density at radius 2 is 2.07 bits per heavy atom. The normalized spacial score (nSPS) is 23.8. The molecule has 0 heterocycles. The fourth-order valence-corrected chi connectivity index (χ4v) is 2.23. The van der Waals surface area contributed by atoms with Crippen LogP contribution in [0.2, 0.25) is 0 Å². The SMILES string of the molecule is OCCOCCNCC1(C2CC2)CC1. The lowest BCUT2D eigenvalue weighted by molar-refractivity contribution is 0.0931. The Kier molecular flexibility index (Phi) is 3.42. The Balaban J connectivity index is 1.47. The summed E-state index contributed by atoms with van der Waals surface area (Å²) in [4.78, 5) is 0. The van der Waals surface area contributed by atoms with Crippen LogP contribution in [-0.2, 0) is 4.74 Å². The first-order valence-electron chi connectivity index (χ1n) is 5.77. The van der Waals surface area contributed by atoms with Crippen molar-refractivity contribution in [3.8, 4) is 0 Å². The van der Waals surface area contributed by atoms with E-state index in [4.69, 9.17) is 9.84 Å². The highest BCUT2D eigenvalue weighted by atomic mass is 16.5. The van der Waals surface area contributed by atoms with Crippen LogP contribution in [0, 0.1) is 11.3 Å². The summed E-state index contributed by atoms with van der Waals surface area (Å²) in [6.45, 7) is 3.43. The standard InChI is InChI=1S/C11H21NO2/c13-6-8-14-7-5-12-9-11(3-4-11)10-1-2-10/h10,12-13H,1-9H2. The van der Waals surface area contributed by atoms with Gasteiger partial charge in [-0.15, -0.1) is 0 Å². The van der Waals surface area contributed by atoms with E-state index in [-0.39, 0.29) is 6.61 Å². The minimum atomic E-state index is 0.131. The van der Waals surface area contributed by atoms with Crippen LogP contribution >= 0.6 is 0 Å². The predicted molar refractivity (Wildman–Crippen MR) is 55.2 cm³/mol. The molecule has 2 rings (SSSR count). The van der Waals surface area contributed by atoms with E-state index in [9.17, 15) is 0 Å². The molecule has 2 N–H and O–H groups in total. The van der Waals surface area contributed by atoms with Crippen LogP contribution in [0.15, 0.2) is 0 Å². The molecule has 0 amide bonds. The van der Waals surface area contributed by atoms with Gasteiger partial charge in [-0.1, -0.05) is 0 Å². The third kappa shape index (κ3) is 2.69. The molecule has 0 radical (unpaired) electrons. The molecule has 0 aromatic carbocycles. The summed E-state index contributed by atoms with van der Waals surface area (Å²) in [6, 6.07) is 0. The maximum absolute atomic E-state index is 8.50. The molecule has 3 nitrogen and oxygen atoms in total. The van der Waals surface area contributed by atoms with Gasteiger partial charge < -0.3 is 15.2 Å². The third-order valence-corrected chi connectivity index (χ3v) is 3.47. The average Bonchev–Trinajstić information content (AvgIpc) is 3.03. The van der Waals surface area contributed by atoms with Gasteiger partial charge in [0.05, 0.1) is 19.8 Å². The summed E-state index contributed by atoms with van der Waals surface area (Å²) >= 11 is 0. The molecule has 0 aromatic heterocycles. The Bertz CT molecular complexity index is 176. The zero-order valence-electron chi connectivity index (χ0n) is 8.80. The molecular formula is C11H21NO2. The number of aliphatic hydroxyl groups is 1. The van der Waals surface area contributed by atoms with Crippen molar-refractivity contribution in [3.05, 3.63) is 0 Å². The van der Waals surface area contributed by atoms with Gasteiger partial charge in [0.25, 0.3) is 0 Å². The van der Waals surface area contributed by atoms with Crippen LogP contribution in [0.1, 0.15) is 25.7 Å². The van der Waals surface area contributed by atoms with Gasteiger partial charge in [-0.3, -0.25) is 0 Å². The average molecular weight is 199 g/mol. The summed E-state index contributed by atoms with van der Waals surface area (Å²) in [5, 5.41) is 12.0. The number of ether oxygens (including phenoxy) is 1. The Morgan fingerprint density at radius 1 is 1.29 bits per heavy atom. The fraction of sp³-hybridized carbons (Fsp3) is 1.00. The first kappa shape index (κ1) is 10.4. The van der Waals surface area contributed by atoms with E-state index in [1.54, 1.807) is 0 Å². The smallest absolute Gasteiger partial charge is 0.0698 e. The molecule has 3 heteroatoms. The summed E-state index contributed by atoms with van der Waals surface area (Å²) in [5.41, 5.74) is 0.691. The minimum absolute atomic E-state index is 0.131. The fourth-order valence-electron chi connectivity index (χ4n) is 2.23. The van der Waals surface area contributed by atoms with Gasteiger partial charge in [0.1, 0.15) is 0 Å². The van der Waals surface area contributed by atoms with E-state index in [0.29, 0.717) is 12.0 Å². The molecule has 0 spiro atoms. The molecule has 2 aliphatic rings. The van der Waals surface area contributed by atoms with Crippen LogP contribution in [-0.4, -0.2) is 38.0 Å². The van der Waals surface area contributed by atoms with Crippen LogP contribution in [0.3, 0.4) is 0 Å². The molecule has 2 aliphatic carbocycles. The Hall–Kier alpha value is -0.120. The molecule has 2 fully saturated rings. The van der Waals surface area contributed by atoms with Gasteiger partial charge in [0, 0.05) is 13.1 Å². The molecule has 82 valence electrons. The monoisotopic (exact) mass is 199 g/mol. The summed E-state index contributed by atoms with van der Waals surface area (Å²) in [5.74, 6) is 1.04. The van der Waals surface area contributed by atoms with Gasteiger partial charge in [-0.2, -0.15) is 0 Å². The molecule has 0 saturated heterocycles. The summed E-state index contributed by atoms with van der Waals surface area (Å²) < 4.78 is 5.18. The number of aliphatic hydroxyl groups excluding tert-OH is 1. The van der Waals surface area contributed by atoms with E-state index in [2.05, 4.69) is 5.32 Å². The Labute approximate surface area is 85.8 Å². The number of rotatable bonds is 8. The lowest BCUT2D eigenvalue weighted by Crippen LogP contribution is -2.28. The zero-order valence-corrected chi connectivity index (χ0v) is 8.80. The first-order chi connectivity index (χ1) is 6.87. The molecular weight excluding hydrogens is 178 g/mol. The van der Waals surface area contributed by atoms with Gasteiger partial charge in [0.2, 0.25) is 0 Å². The van der Waals surface area contributed by atoms with Crippen molar-refractivity contribution in [1.82, 2.24) is 5.32 Å². The van der Waals surface area contributed by atoms with E-state index >= 15 is 0 Å². The van der Waals surface area contributed by atoms with Crippen LogP contribution in [0.5, 0.6) is 0 Å². The maximum atomic E-state index is 8.50.